The summed E-state index contributed by atoms with van der Waals surface area (Å²) in [4.78, 5) is 0. The van der Waals surface area contributed by atoms with Crippen molar-refractivity contribution in [2.24, 2.45) is 0 Å². The first-order valence-corrected chi connectivity index (χ1v) is 2.77. The van der Waals surface area contributed by atoms with Crippen LogP contribution in [0.3, 0.4) is 0 Å². The molecular weight excluding hydrogens is 221 g/mol. The normalized spacial score (nSPS) is 19.6. The van der Waals surface area contributed by atoms with Gasteiger partial charge in [0.05, 0.1) is 0 Å². The Morgan fingerprint density at radius 1 is 0.727 bits per heavy atom. The number of hydrogen-bond donors (Lipinski definition) is 0. The zero-order chi connectivity index (χ0) is 9.50. The fraction of sp³-hybridized carbons (Fsp3) is 1.00. The monoisotopic (exact) mass is 220 g/mol. The second kappa shape index (κ2) is 2.58. The quantitative estimate of drug-likeness (QED) is 0.470. The standard InChI is InChI=1S/C3Cl2F6/c4-1(6,2(5,7)8)3(9,10)11/t1-/m1/s1. The van der Waals surface area contributed by atoms with Gasteiger partial charge in [-0.3, -0.25) is 0 Å². The van der Waals surface area contributed by atoms with Crippen LogP contribution in [0, 0.1) is 0 Å². The first-order chi connectivity index (χ1) is 4.50. The second-order valence-corrected chi connectivity index (χ2v) is 2.57. The molecule has 0 N–H and O–H groups in total. The molecule has 0 aromatic carbocycles. The maximum atomic E-state index is 11.9. The van der Waals surface area contributed by atoms with Gasteiger partial charge in [-0.1, -0.05) is 11.6 Å². The van der Waals surface area contributed by atoms with E-state index in [-0.39, 0.29) is 0 Å². The summed E-state index contributed by atoms with van der Waals surface area (Å²) in [5, 5.41) is -10.4. The molecule has 0 radical (unpaired) electrons. The van der Waals surface area contributed by atoms with E-state index < -0.39 is 16.7 Å². The molecule has 0 saturated heterocycles. The van der Waals surface area contributed by atoms with Gasteiger partial charge in [-0.15, -0.1) is 0 Å². The molecule has 0 fully saturated rings. The number of rotatable bonds is 1. The van der Waals surface area contributed by atoms with Gasteiger partial charge in [0.1, 0.15) is 0 Å². The highest BCUT2D eigenvalue weighted by atomic mass is 35.5. The van der Waals surface area contributed by atoms with Gasteiger partial charge < -0.3 is 0 Å². The zero-order valence-electron chi connectivity index (χ0n) is 4.52. The van der Waals surface area contributed by atoms with Crippen molar-refractivity contribution in [1.29, 1.82) is 0 Å². The molecule has 8 heteroatoms. The topological polar surface area (TPSA) is 0 Å². The van der Waals surface area contributed by atoms with Gasteiger partial charge in [0.25, 0.3) is 0 Å². The van der Waals surface area contributed by atoms with Crippen LogP contribution >= 0.6 is 23.2 Å². The summed E-state index contributed by atoms with van der Waals surface area (Å²) in [6.07, 6.45) is -5.90. The lowest BCUT2D eigenvalue weighted by molar-refractivity contribution is -0.243. The summed E-state index contributed by atoms with van der Waals surface area (Å²) in [7, 11) is 0. The SMILES string of the molecule is FC(F)(F)[C@@](F)(Cl)C(F)(F)Cl. The van der Waals surface area contributed by atoms with E-state index in [1.54, 1.807) is 0 Å². The molecular formula is C3Cl2F6. The average Bonchev–Trinajstić information content (AvgIpc) is 1.58. The summed E-state index contributed by atoms with van der Waals surface area (Å²) in [5.74, 6) is 0. The van der Waals surface area contributed by atoms with E-state index >= 15 is 0 Å². The third-order valence-electron chi connectivity index (χ3n) is 0.712. The Hall–Kier alpha value is 0.160. The van der Waals surface area contributed by atoms with Gasteiger partial charge in [0.2, 0.25) is 0 Å². The van der Waals surface area contributed by atoms with Crippen molar-refractivity contribution < 1.29 is 26.3 Å². The number of halogens is 8. The molecule has 0 unspecified atom stereocenters. The van der Waals surface area contributed by atoms with Crippen LogP contribution in [0.4, 0.5) is 26.3 Å². The Morgan fingerprint density at radius 3 is 1.00 bits per heavy atom. The first-order valence-electron chi connectivity index (χ1n) is 2.01. The lowest BCUT2D eigenvalue weighted by atomic mass is 10.4. The van der Waals surface area contributed by atoms with E-state index in [0.717, 1.165) is 0 Å². The Bertz CT molecular complexity index is 127. The molecule has 0 aliphatic heterocycles. The third-order valence-corrected chi connectivity index (χ3v) is 1.52. The highest BCUT2D eigenvalue weighted by Crippen LogP contribution is 2.50. The minimum atomic E-state index is -5.90. The van der Waals surface area contributed by atoms with Crippen LogP contribution in [0.2, 0.25) is 0 Å². The van der Waals surface area contributed by atoms with Crippen LogP contribution in [-0.2, 0) is 0 Å². The summed E-state index contributed by atoms with van der Waals surface area (Å²) < 4.78 is 68.7. The number of hydrogen-bond acceptors (Lipinski definition) is 0. The smallest absolute Gasteiger partial charge is 0.207 e. The molecule has 1 atom stereocenters. The molecule has 0 amide bonds. The number of alkyl halides is 8. The molecule has 0 saturated carbocycles. The van der Waals surface area contributed by atoms with E-state index in [1.165, 1.54) is 0 Å². The van der Waals surface area contributed by atoms with Gasteiger partial charge in [-0.05, 0) is 11.6 Å². The average molecular weight is 221 g/mol. The summed E-state index contributed by atoms with van der Waals surface area (Å²) in [6, 6.07) is 0. The van der Waals surface area contributed by atoms with Crippen molar-refractivity contribution >= 4 is 23.2 Å². The minimum absolute atomic E-state index is 3.75. The van der Waals surface area contributed by atoms with Crippen molar-refractivity contribution in [2.75, 3.05) is 0 Å². The summed E-state index contributed by atoms with van der Waals surface area (Å²) >= 11 is 7.56. The third kappa shape index (κ3) is 2.05. The summed E-state index contributed by atoms with van der Waals surface area (Å²) in [5.41, 5.74) is 0. The summed E-state index contributed by atoms with van der Waals surface area (Å²) in [6.45, 7) is 0. The highest BCUT2D eigenvalue weighted by Gasteiger charge is 2.70. The fourth-order valence-corrected chi connectivity index (χ4v) is 0.268. The lowest BCUT2D eigenvalue weighted by Gasteiger charge is -2.24. The van der Waals surface area contributed by atoms with Gasteiger partial charge >= 0.3 is 16.7 Å². The molecule has 0 heterocycles. The molecule has 0 nitrogen and oxygen atoms in total. The highest BCUT2D eigenvalue weighted by molar-refractivity contribution is 6.32. The molecule has 0 aliphatic carbocycles. The van der Waals surface area contributed by atoms with Crippen molar-refractivity contribution in [3.8, 4) is 0 Å². The van der Waals surface area contributed by atoms with Gasteiger partial charge in [0.15, 0.2) is 0 Å². The van der Waals surface area contributed by atoms with Crippen LogP contribution < -0.4 is 0 Å². The fourth-order valence-electron chi connectivity index (χ4n) is 0.161. The van der Waals surface area contributed by atoms with E-state index in [4.69, 9.17) is 0 Å². The molecule has 0 bridgehead atoms. The molecule has 0 rings (SSSR count). The Balaban J connectivity index is 4.75. The van der Waals surface area contributed by atoms with Gasteiger partial charge in [-0.25, -0.2) is 4.39 Å². The van der Waals surface area contributed by atoms with Crippen LogP contribution in [-0.4, -0.2) is 16.7 Å². The molecule has 0 aromatic heterocycles. The van der Waals surface area contributed by atoms with Crippen LogP contribution in [0.15, 0.2) is 0 Å². The second-order valence-electron chi connectivity index (χ2n) is 1.57. The minimum Gasteiger partial charge on any atom is -0.207 e. The van der Waals surface area contributed by atoms with Gasteiger partial charge in [-0.2, -0.15) is 22.0 Å². The van der Waals surface area contributed by atoms with Crippen molar-refractivity contribution in [3.63, 3.8) is 0 Å². The Morgan fingerprint density at radius 2 is 1.00 bits per heavy atom. The van der Waals surface area contributed by atoms with Crippen molar-refractivity contribution in [2.45, 2.75) is 16.7 Å². The molecule has 11 heavy (non-hydrogen) atoms. The Labute approximate surface area is 67.1 Å². The molecule has 0 aliphatic rings. The zero-order valence-corrected chi connectivity index (χ0v) is 6.04. The largest absolute Gasteiger partial charge is 0.444 e. The maximum Gasteiger partial charge on any atom is 0.444 e. The Kier molecular flexibility index (Phi) is 2.62. The molecule has 0 aromatic rings. The van der Waals surface area contributed by atoms with Crippen LogP contribution in [0.5, 0.6) is 0 Å². The predicted octanol–water partition coefficient (Wildman–Crippen LogP) is 3.28. The van der Waals surface area contributed by atoms with Crippen LogP contribution in [0.1, 0.15) is 0 Å². The molecule has 0 spiro atoms. The lowest BCUT2D eigenvalue weighted by Crippen LogP contribution is -2.47. The maximum absolute atomic E-state index is 11.9. The van der Waals surface area contributed by atoms with Crippen molar-refractivity contribution in [3.05, 3.63) is 0 Å². The predicted molar refractivity (Wildman–Crippen MR) is 26.5 cm³/mol. The van der Waals surface area contributed by atoms with E-state index in [9.17, 15) is 26.3 Å². The molecule has 68 valence electrons. The van der Waals surface area contributed by atoms with Crippen molar-refractivity contribution in [1.82, 2.24) is 0 Å². The first kappa shape index (κ1) is 11.2. The van der Waals surface area contributed by atoms with E-state index in [1.807, 2.05) is 0 Å². The van der Waals surface area contributed by atoms with E-state index in [0.29, 0.717) is 0 Å². The van der Waals surface area contributed by atoms with Gasteiger partial charge in [0, 0.05) is 0 Å². The van der Waals surface area contributed by atoms with E-state index in [2.05, 4.69) is 23.2 Å². The van der Waals surface area contributed by atoms with Crippen LogP contribution in [0.25, 0.3) is 0 Å².